The van der Waals surface area contributed by atoms with Gasteiger partial charge in [-0.2, -0.15) is 10.4 Å². The number of nitrogens with one attached hydrogen (secondary N) is 1. The van der Waals surface area contributed by atoms with Gasteiger partial charge in [0, 0.05) is 42.7 Å². The second-order valence-corrected chi connectivity index (χ2v) is 6.06. The third-order valence-corrected chi connectivity index (χ3v) is 4.54. The van der Waals surface area contributed by atoms with Crippen LogP contribution in [0, 0.1) is 11.5 Å². The average Bonchev–Trinajstić information content (AvgIpc) is 3.32. The lowest BCUT2D eigenvalue weighted by molar-refractivity contribution is 0.478. The fraction of sp³-hybridized carbons (Fsp3) is 0.211. The third kappa shape index (κ3) is 2.74. The zero-order chi connectivity index (χ0) is 16.4. The summed E-state index contributed by atoms with van der Waals surface area (Å²) in [7, 11) is 0. The average molecular weight is 315 g/mol. The molecule has 1 aliphatic rings. The molecule has 0 radical (unpaired) electrons. The number of aromatic nitrogens is 3. The van der Waals surface area contributed by atoms with Crippen molar-refractivity contribution in [3.05, 3.63) is 60.6 Å². The summed E-state index contributed by atoms with van der Waals surface area (Å²) in [6.45, 7) is 1.60. The second kappa shape index (κ2) is 6.17. The summed E-state index contributed by atoms with van der Waals surface area (Å²) < 4.78 is 0. The van der Waals surface area contributed by atoms with E-state index < -0.39 is 0 Å². The van der Waals surface area contributed by atoms with E-state index in [1.165, 1.54) is 0 Å². The molecule has 1 unspecified atom stereocenters. The quantitative estimate of drug-likeness (QED) is 0.752. The molecule has 1 atom stereocenters. The molecule has 0 spiro atoms. The van der Waals surface area contributed by atoms with Gasteiger partial charge in [-0.1, -0.05) is 18.2 Å². The van der Waals surface area contributed by atoms with Crippen LogP contribution in [0.15, 0.2) is 54.9 Å². The van der Waals surface area contributed by atoms with Crippen LogP contribution in [0.1, 0.15) is 18.0 Å². The molecule has 5 nitrogen and oxygen atoms in total. The van der Waals surface area contributed by atoms with Gasteiger partial charge in [0.15, 0.2) is 6.19 Å². The van der Waals surface area contributed by atoms with Gasteiger partial charge < -0.3 is 4.90 Å². The molecule has 1 N–H and O–H groups in total. The Bertz CT molecular complexity index is 878. The van der Waals surface area contributed by atoms with Crippen molar-refractivity contribution in [2.75, 3.05) is 13.1 Å². The van der Waals surface area contributed by atoms with E-state index in [0.29, 0.717) is 5.92 Å². The second-order valence-electron chi connectivity index (χ2n) is 6.06. The van der Waals surface area contributed by atoms with Gasteiger partial charge in [-0.3, -0.25) is 10.1 Å². The maximum atomic E-state index is 9.00. The highest BCUT2D eigenvalue weighted by atomic mass is 15.2. The van der Waals surface area contributed by atoms with Crippen molar-refractivity contribution in [3.8, 4) is 28.6 Å². The van der Waals surface area contributed by atoms with Crippen LogP contribution in [0.3, 0.4) is 0 Å². The van der Waals surface area contributed by atoms with Crippen molar-refractivity contribution in [3.63, 3.8) is 0 Å². The first kappa shape index (κ1) is 14.5. The number of rotatable bonds is 3. The van der Waals surface area contributed by atoms with Crippen LogP contribution in [0.5, 0.6) is 0 Å². The number of benzene rings is 1. The van der Waals surface area contributed by atoms with Crippen LogP contribution in [-0.4, -0.2) is 33.2 Å². The Morgan fingerprint density at radius 2 is 1.92 bits per heavy atom. The number of likely N-dealkylation sites (tertiary alicyclic amines) is 1. The number of nitrogens with zero attached hydrogens (tertiary/aromatic N) is 4. The van der Waals surface area contributed by atoms with Crippen LogP contribution < -0.4 is 0 Å². The standard InChI is InChI=1S/C19H17N5/c20-13-24-9-6-17(12-24)19-11-18(22-23-19)16-3-1-2-15(10-16)14-4-7-21-8-5-14/h1-5,7-8,10-11,17H,6,9,12H2,(H,22,23). The van der Waals surface area contributed by atoms with Gasteiger partial charge in [0.1, 0.15) is 0 Å². The predicted octanol–water partition coefficient (Wildman–Crippen LogP) is 3.41. The molecule has 1 saturated heterocycles. The molecule has 5 heteroatoms. The monoisotopic (exact) mass is 315 g/mol. The molecule has 1 fully saturated rings. The summed E-state index contributed by atoms with van der Waals surface area (Å²) in [5, 5.41) is 16.6. The van der Waals surface area contributed by atoms with Crippen LogP contribution in [0.4, 0.5) is 0 Å². The molecule has 24 heavy (non-hydrogen) atoms. The van der Waals surface area contributed by atoms with E-state index in [1.807, 2.05) is 18.2 Å². The molecule has 0 bridgehead atoms. The first-order valence-corrected chi connectivity index (χ1v) is 8.04. The summed E-state index contributed by atoms with van der Waals surface area (Å²) in [6, 6.07) is 14.5. The van der Waals surface area contributed by atoms with Crippen molar-refractivity contribution >= 4 is 0 Å². The summed E-state index contributed by atoms with van der Waals surface area (Å²) in [5.41, 5.74) is 5.43. The molecule has 2 aromatic heterocycles. The van der Waals surface area contributed by atoms with Crippen LogP contribution in [-0.2, 0) is 0 Å². The highest BCUT2D eigenvalue weighted by Crippen LogP contribution is 2.30. The number of aromatic amines is 1. The van der Waals surface area contributed by atoms with E-state index in [2.05, 4.69) is 45.6 Å². The molecule has 3 aromatic rings. The fourth-order valence-electron chi connectivity index (χ4n) is 3.20. The Labute approximate surface area is 140 Å². The largest absolute Gasteiger partial charge is 0.310 e. The highest BCUT2D eigenvalue weighted by Gasteiger charge is 2.24. The van der Waals surface area contributed by atoms with Crippen molar-refractivity contribution < 1.29 is 0 Å². The molecule has 0 saturated carbocycles. The zero-order valence-corrected chi connectivity index (χ0v) is 13.2. The number of hydrogen-bond acceptors (Lipinski definition) is 4. The van der Waals surface area contributed by atoms with Gasteiger partial charge >= 0.3 is 0 Å². The maximum absolute atomic E-state index is 9.00. The zero-order valence-electron chi connectivity index (χ0n) is 13.2. The Balaban J connectivity index is 1.60. The van der Waals surface area contributed by atoms with Gasteiger partial charge in [0.2, 0.25) is 0 Å². The Morgan fingerprint density at radius 1 is 1.08 bits per heavy atom. The molecule has 4 rings (SSSR count). The lowest BCUT2D eigenvalue weighted by Crippen LogP contribution is -2.12. The van der Waals surface area contributed by atoms with E-state index in [1.54, 1.807) is 17.3 Å². The first-order chi connectivity index (χ1) is 11.8. The molecule has 3 heterocycles. The summed E-state index contributed by atoms with van der Waals surface area (Å²) in [6.07, 6.45) is 6.82. The number of nitriles is 1. The van der Waals surface area contributed by atoms with Gasteiger partial charge in [0.05, 0.1) is 5.69 Å². The molecular formula is C19H17N5. The maximum Gasteiger partial charge on any atom is 0.179 e. The van der Waals surface area contributed by atoms with Gasteiger partial charge in [-0.25, -0.2) is 0 Å². The minimum absolute atomic E-state index is 0.356. The van der Waals surface area contributed by atoms with E-state index in [4.69, 9.17) is 5.26 Å². The molecule has 1 aromatic carbocycles. The first-order valence-electron chi connectivity index (χ1n) is 8.04. The minimum Gasteiger partial charge on any atom is -0.310 e. The van der Waals surface area contributed by atoms with Gasteiger partial charge in [-0.15, -0.1) is 0 Å². The molecule has 0 amide bonds. The smallest absolute Gasteiger partial charge is 0.179 e. The normalized spacial score (nSPS) is 17.0. The topological polar surface area (TPSA) is 68.6 Å². The van der Waals surface area contributed by atoms with Gasteiger partial charge in [-0.05, 0) is 41.8 Å². The lowest BCUT2D eigenvalue weighted by atomic mass is 10.0. The molecule has 1 aliphatic heterocycles. The fourth-order valence-corrected chi connectivity index (χ4v) is 3.20. The van der Waals surface area contributed by atoms with Gasteiger partial charge in [0.25, 0.3) is 0 Å². The van der Waals surface area contributed by atoms with Crippen LogP contribution in [0.2, 0.25) is 0 Å². The molecule has 118 valence electrons. The van der Waals surface area contributed by atoms with Crippen molar-refractivity contribution in [1.29, 1.82) is 5.26 Å². The van der Waals surface area contributed by atoms with E-state index in [-0.39, 0.29) is 0 Å². The summed E-state index contributed by atoms with van der Waals surface area (Å²) in [5.74, 6) is 0.356. The minimum atomic E-state index is 0.356. The number of hydrogen-bond donors (Lipinski definition) is 1. The van der Waals surface area contributed by atoms with Crippen molar-refractivity contribution in [2.45, 2.75) is 12.3 Å². The number of pyridine rings is 1. The summed E-state index contributed by atoms with van der Waals surface area (Å²) in [4.78, 5) is 5.87. The van der Waals surface area contributed by atoms with E-state index >= 15 is 0 Å². The highest BCUT2D eigenvalue weighted by molar-refractivity contribution is 5.71. The Hall–Kier alpha value is -3.13. The Morgan fingerprint density at radius 3 is 2.71 bits per heavy atom. The van der Waals surface area contributed by atoms with Crippen LogP contribution >= 0.6 is 0 Å². The van der Waals surface area contributed by atoms with Crippen molar-refractivity contribution in [1.82, 2.24) is 20.1 Å². The SMILES string of the molecule is N#CN1CCC(c2cc(-c3cccc(-c4ccncc4)c3)n[nH]2)C1. The predicted molar refractivity (Wildman–Crippen MR) is 91.8 cm³/mol. The van der Waals surface area contributed by atoms with Crippen LogP contribution in [0.25, 0.3) is 22.4 Å². The van der Waals surface area contributed by atoms with E-state index in [9.17, 15) is 0 Å². The molecule has 0 aliphatic carbocycles. The summed E-state index contributed by atoms with van der Waals surface area (Å²) >= 11 is 0. The molecular weight excluding hydrogens is 298 g/mol. The van der Waals surface area contributed by atoms with Crippen molar-refractivity contribution in [2.24, 2.45) is 0 Å². The third-order valence-electron chi connectivity index (χ3n) is 4.54. The Kier molecular flexibility index (Phi) is 3.72. The lowest BCUT2D eigenvalue weighted by Gasteiger charge is -2.06. The van der Waals surface area contributed by atoms with E-state index in [0.717, 1.165) is 47.6 Å². The number of H-pyrrole nitrogens is 1.